The Kier molecular flexibility index (Phi) is 6.21. The number of piperazine rings is 1. The van der Waals surface area contributed by atoms with Crippen molar-refractivity contribution in [2.45, 2.75) is 6.92 Å². The molecule has 1 amide bonds. The van der Waals surface area contributed by atoms with Crippen LogP contribution in [0, 0.1) is 17.0 Å². The summed E-state index contributed by atoms with van der Waals surface area (Å²) in [4.78, 5) is 30.7. The molecule has 0 N–H and O–H groups in total. The Morgan fingerprint density at radius 1 is 1.25 bits per heavy atom. The molecule has 0 spiro atoms. The molecule has 1 fully saturated rings. The number of benzene rings is 1. The Labute approximate surface area is 171 Å². The number of ether oxygens (including phenoxy) is 1. The van der Waals surface area contributed by atoms with Gasteiger partial charge in [-0.25, -0.2) is 4.98 Å². The fourth-order valence-electron chi connectivity index (χ4n) is 2.97. The van der Waals surface area contributed by atoms with Crippen LogP contribution in [-0.4, -0.2) is 53.5 Å². The van der Waals surface area contributed by atoms with Crippen molar-refractivity contribution in [1.82, 2.24) is 9.88 Å². The highest BCUT2D eigenvalue weighted by Gasteiger charge is 2.24. The SMILES string of the molecule is Cc1cc([N+](=O)[O-])cnc1N1CCN(C(=O)COc2ccc(Cl)cc2Cl)CC1. The summed E-state index contributed by atoms with van der Waals surface area (Å²) in [5.41, 5.74) is 0.697. The van der Waals surface area contributed by atoms with Crippen molar-refractivity contribution in [2.75, 3.05) is 37.7 Å². The highest BCUT2D eigenvalue weighted by atomic mass is 35.5. The number of amides is 1. The van der Waals surface area contributed by atoms with Gasteiger partial charge in [0.15, 0.2) is 6.61 Å². The van der Waals surface area contributed by atoms with Gasteiger partial charge in [-0.2, -0.15) is 0 Å². The molecule has 0 unspecified atom stereocenters. The summed E-state index contributed by atoms with van der Waals surface area (Å²) < 4.78 is 5.50. The number of pyridine rings is 1. The van der Waals surface area contributed by atoms with Gasteiger partial charge in [0.05, 0.1) is 9.95 Å². The molecule has 0 aliphatic carbocycles. The highest BCUT2D eigenvalue weighted by Crippen LogP contribution is 2.27. The quantitative estimate of drug-likeness (QED) is 0.540. The van der Waals surface area contributed by atoms with E-state index < -0.39 is 4.92 Å². The molecule has 1 aromatic heterocycles. The molecule has 3 rings (SSSR count). The van der Waals surface area contributed by atoms with Crippen molar-refractivity contribution in [3.63, 3.8) is 0 Å². The summed E-state index contributed by atoms with van der Waals surface area (Å²) in [7, 11) is 0. The predicted octanol–water partition coefficient (Wildman–Crippen LogP) is 3.33. The van der Waals surface area contributed by atoms with Crippen molar-refractivity contribution in [3.05, 3.63) is 56.2 Å². The first-order chi connectivity index (χ1) is 13.3. The Hall–Kier alpha value is -2.58. The number of aromatic nitrogens is 1. The summed E-state index contributed by atoms with van der Waals surface area (Å²) >= 11 is 11.9. The normalized spacial score (nSPS) is 14.1. The third-order valence-corrected chi connectivity index (χ3v) is 4.95. The zero-order valence-electron chi connectivity index (χ0n) is 15.1. The van der Waals surface area contributed by atoms with Crippen LogP contribution in [0.15, 0.2) is 30.5 Å². The maximum Gasteiger partial charge on any atom is 0.287 e. The number of carbonyl (C=O) groups is 1. The maximum atomic E-state index is 12.4. The molecule has 2 heterocycles. The number of halogens is 2. The summed E-state index contributed by atoms with van der Waals surface area (Å²) in [5, 5.41) is 11.7. The Balaban J connectivity index is 1.54. The number of carbonyl (C=O) groups excluding carboxylic acids is 1. The maximum absolute atomic E-state index is 12.4. The van der Waals surface area contributed by atoms with Gasteiger partial charge in [0.25, 0.3) is 11.6 Å². The zero-order chi connectivity index (χ0) is 20.3. The van der Waals surface area contributed by atoms with Gasteiger partial charge in [-0.05, 0) is 30.7 Å². The third-order valence-electron chi connectivity index (χ3n) is 4.42. The van der Waals surface area contributed by atoms with Crippen LogP contribution in [-0.2, 0) is 4.79 Å². The van der Waals surface area contributed by atoms with Crippen LogP contribution in [0.4, 0.5) is 11.5 Å². The van der Waals surface area contributed by atoms with E-state index in [1.54, 1.807) is 30.0 Å². The molecule has 148 valence electrons. The molecule has 1 aliphatic rings. The van der Waals surface area contributed by atoms with Gasteiger partial charge in [-0.3, -0.25) is 14.9 Å². The van der Waals surface area contributed by atoms with Crippen LogP contribution in [0.25, 0.3) is 0 Å². The van der Waals surface area contributed by atoms with Gasteiger partial charge in [-0.15, -0.1) is 0 Å². The fourth-order valence-corrected chi connectivity index (χ4v) is 3.44. The van der Waals surface area contributed by atoms with Gasteiger partial charge in [-0.1, -0.05) is 23.2 Å². The second kappa shape index (κ2) is 8.62. The smallest absolute Gasteiger partial charge is 0.287 e. The lowest BCUT2D eigenvalue weighted by molar-refractivity contribution is -0.385. The highest BCUT2D eigenvalue weighted by molar-refractivity contribution is 6.35. The summed E-state index contributed by atoms with van der Waals surface area (Å²) in [6, 6.07) is 6.33. The number of aryl methyl sites for hydroxylation is 1. The molecule has 8 nitrogen and oxygen atoms in total. The average molecular weight is 425 g/mol. The van der Waals surface area contributed by atoms with E-state index in [0.29, 0.717) is 47.8 Å². The van der Waals surface area contributed by atoms with Crippen molar-refractivity contribution < 1.29 is 14.5 Å². The van der Waals surface area contributed by atoms with E-state index in [9.17, 15) is 14.9 Å². The van der Waals surface area contributed by atoms with Crippen LogP contribution in [0.5, 0.6) is 5.75 Å². The van der Waals surface area contributed by atoms with Gasteiger partial charge < -0.3 is 14.5 Å². The monoisotopic (exact) mass is 424 g/mol. The molecule has 0 saturated carbocycles. The lowest BCUT2D eigenvalue weighted by Crippen LogP contribution is -2.50. The average Bonchev–Trinajstić information content (AvgIpc) is 2.67. The Morgan fingerprint density at radius 3 is 2.57 bits per heavy atom. The van der Waals surface area contributed by atoms with Gasteiger partial charge in [0.2, 0.25) is 0 Å². The minimum atomic E-state index is -0.465. The van der Waals surface area contributed by atoms with Gasteiger partial charge in [0, 0.05) is 37.3 Å². The molecular formula is C18H18Cl2N4O4. The molecule has 10 heteroatoms. The summed E-state index contributed by atoms with van der Waals surface area (Å²) in [6.07, 6.45) is 1.25. The van der Waals surface area contributed by atoms with Crippen molar-refractivity contribution in [3.8, 4) is 5.75 Å². The van der Waals surface area contributed by atoms with E-state index in [2.05, 4.69) is 4.98 Å². The second-order valence-corrected chi connectivity index (χ2v) is 7.17. The molecular weight excluding hydrogens is 407 g/mol. The molecule has 0 bridgehead atoms. The van der Waals surface area contributed by atoms with Crippen molar-refractivity contribution in [2.24, 2.45) is 0 Å². The first-order valence-corrected chi connectivity index (χ1v) is 9.32. The molecule has 0 atom stereocenters. The lowest BCUT2D eigenvalue weighted by Gasteiger charge is -2.35. The summed E-state index contributed by atoms with van der Waals surface area (Å²) in [6.45, 7) is 3.86. The molecule has 28 heavy (non-hydrogen) atoms. The Morgan fingerprint density at radius 2 is 1.96 bits per heavy atom. The van der Waals surface area contributed by atoms with Crippen LogP contribution in [0.1, 0.15) is 5.56 Å². The number of hydrogen-bond donors (Lipinski definition) is 0. The molecule has 1 aromatic carbocycles. The van der Waals surface area contributed by atoms with Gasteiger partial charge in [0.1, 0.15) is 17.8 Å². The van der Waals surface area contributed by atoms with Crippen LogP contribution >= 0.6 is 23.2 Å². The first-order valence-electron chi connectivity index (χ1n) is 8.57. The number of nitrogens with zero attached hydrogens (tertiary/aromatic N) is 4. The molecule has 0 radical (unpaired) electrons. The largest absolute Gasteiger partial charge is 0.482 e. The molecule has 1 saturated heterocycles. The number of rotatable bonds is 5. The van der Waals surface area contributed by atoms with Crippen LogP contribution in [0.2, 0.25) is 10.0 Å². The van der Waals surface area contributed by atoms with E-state index in [1.165, 1.54) is 12.3 Å². The van der Waals surface area contributed by atoms with Crippen molar-refractivity contribution >= 4 is 40.6 Å². The summed E-state index contributed by atoms with van der Waals surface area (Å²) in [5.74, 6) is 0.963. The van der Waals surface area contributed by atoms with E-state index in [1.807, 2.05) is 4.90 Å². The van der Waals surface area contributed by atoms with E-state index in [0.717, 1.165) is 5.56 Å². The lowest BCUT2D eigenvalue weighted by atomic mass is 10.2. The third kappa shape index (κ3) is 4.63. The second-order valence-electron chi connectivity index (χ2n) is 6.32. The molecule has 1 aliphatic heterocycles. The minimum absolute atomic E-state index is 0.0342. The standard InChI is InChI=1S/C18H18Cl2N4O4/c1-12-8-14(24(26)27)10-21-18(12)23-6-4-22(5-7-23)17(25)11-28-16-3-2-13(19)9-15(16)20/h2-3,8-10H,4-7,11H2,1H3. The Bertz CT molecular complexity index is 901. The zero-order valence-corrected chi connectivity index (χ0v) is 16.6. The molecule has 2 aromatic rings. The van der Waals surface area contributed by atoms with Gasteiger partial charge >= 0.3 is 0 Å². The number of nitro groups is 1. The first kappa shape index (κ1) is 20.2. The van der Waals surface area contributed by atoms with Crippen LogP contribution < -0.4 is 9.64 Å². The topological polar surface area (TPSA) is 88.8 Å². The minimum Gasteiger partial charge on any atom is -0.482 e. The van der Waals surface area contributed by atoms with E-state index in [-0.39, 0.29) is 18.2 Å². The van der Waals surface area contributed by atoms with Crippen molar-refractivity contribution in [1.29, 1.82) is 0 Å². The fraction of sp³-hybridized carbons (Fsp3) is 0.333. The van der Waals surface area contributed by atoms with Crippen LogP contribution in [0.3, 0.4) is 0 Å². The van der Waals surface area contributed by atoms with E-state index >= 15 is 0 Å². The number of hydrogen-bond acceptors (Lipinski definition) is 6. The predicted molar refractivity (Wildman–Crippen MR) is 106 cm³/mol. The number of anilines is 1. The van der Waals surface area contributed by atoms with E-state index in [4.69, 9.17) is 27.9 Å².